The first-order chi connectivity index (χ1) is 7.50. The Labute approximate surface area is 110 Å². The summed E-state index contributed by atoms with van der Waals surface area (Å²) < 4.78 is 1.07. The van der Waals surface area contributed by atoms with Crippen LogP contribution in [0.1, 0.15) is 26.7 Å². The number of thioether (sulfide) groups is 1. The van der Waals surface area contributed by atoms with Gasteiger partial charge in [0, 0.05) is 22.0 Å². The fourth-order valence-corrected chi connectivity index (χ4v) is 3.97. The molecule has 1 aromatic rings. The molecule has 0 spiro atoms. The van der Waals surface area contributed by atoms with E-state index in [2.05, 4.69) is 34.8 Å². The summed E-state index contributed by atoms with van der Waals surface area (Å²) in [5, 5.41) is 1.54. The van der Waals surface area contributed by atoms with Gasteiger partial charge in [0.05, 0.1) is 0 Å². The van der Waals surface area contributed by atoms with Crippen molar-refractivity contribution in [3.05, 3.63) is 22.8 Å². The van der Waals surface area contributed by atoms with E-state index in [9.17, 15) is 0 Å². The number of hydrogen-bond acceptors (Lipinski definition) is 3. The Bertz CT molecular complexity index is 381. The molecule has 1 aliphatic carbocycles. The van der Waals surface area contributed by atoms with Gasteiger partial charge < -0.3 is 5.73 Å². The van der Waals surface area contributed by atoms with Crippen LogP contribution in [0.3, 0.4) is 0 Å². The van der Waals surface area contributed by atoms with Gasteiger partial charge in [-0.1, -0.05) is 13.8 Å². The lowest BCUT2D eigenvalue weighted by molar-refractivity contribution is 0.334. The normalized spacial score (nSPS) is 28.2. The summed E-state index contributed by atoms with van der Waals surface area (Å²) in [4.78, 5) is 4.38. The van der Waals surface area contributed by atoms with Crippen molar-refractivity contribution in [3.8, 4) is 0 Å². The molecule has 0 aromatic carbocycles. The summed E-state index contributed by atoms with van der Waals surface area (Å²) in [6.07, 6.45) is 4.22. The predicted molar refractivity (Wildman–Crippen MR) is 72.6 cm³/mol. The molecule has 0 bridgehead atoms. The first-order valence-electron chi connectivity index (χ1n) is 5.53. The Hall–Kier alpha value is -0.0600. The van der Waals surface area contributed by atoms with Gasteiger partial charge in [-0.05, 0) is 46.3 Å². The number of halogens is 1. The quantitative estimate of drug-likeness (QED) is 0.909. The van der Waals surface area contributed by atoms with Crippen LogP contribution in [0.4, 0.5) is 0 Å². The van der Waals surface area contributed by atoms with Crippen molar-refractivity contribution in [2.24, 2.45) is 11.1 Å². The third kappa shape index (κ3) is 2.44. The van der Waals surface area contributed by atoms with E-state index in [-0.39, 0.29) is 11.5 Å². The van der Waals surface area contributed by atoms with Crippen LogP contribution in [-0.4, -0.2) is 16.3 Å². The molecule has 2 atom stereocenters. The third-order valence-corrected chi connectivity index (χ3v) is 5.65. The lowest BCUT2D eigenvalue weighted by Crippen LogP contribution is -2.38. The second kappa shape index (κ2) is 4.67. The molecule has 1 heterocycles. The minimum Gasteiger partial charge on any atom is -0.326 e. The molecule has 2 rings (SSSR count). The smallest absolute Gasteiger partial charge is 0.110 e. The van der Waals surface area contributed by atoms with Crippen molar-refractivity contribution in [2.75, 3.05) is 0 Å². The maximum absolute atomic E-state index is 6.29. The van der Waals surface area contributed by atoms with Crippen molar-refractivity contribution in [1.29, 1.82) is 0 Å². The summed E-state index contributed by atoms with van der Waals surface area (Å²) in [5.41, 5.74) is 6.55. The topological polar surface area (TPSA) is 38.9 Å². The van der Waals surface area contributed by atoms with E-state index in [1.807, 2.05) is 18.3 Å². The first kappa shape index (κ1) is 12.4. The van der Waals surface area contributed by atoms with Crippen molar-refractivity contribution in [2.45, 2.75) is 43.0 Å². The van der Waals surface area contributed by atoms with Gasteiger partial charge in [0.1, 0.15) is 5.03 Å². The highest BCUT2D eigenvalue weighted by Crippen LogP contribution is 2.44. The van der Waals surface area contributed by atoms with Crippen LogP contribution in [0.2, 0.25) is 0 Å². The average Bonchev–Trinajstić information content (AvgIpc) is 2.49. The minimum atomic E-state index is 0.256. The molecule has 4 heteroatoms. The van der Waals surface area contributed by atoms with Gasteiger partial charge in [-0.15, -0.1) is 11.8 Å². The van der Waals surface area contributed by atoms with Gasteiger partial charge >= 0.3 is 0 Å². The summed E-state index contributed by atoms with van der Waals surface area (Å²) >= 11 is 5.33. The van der Waals surface area contributed by atoms with Crippen molar-refractivity contribution in [1.82, 2.24) is 4.98 Å². The van der Waals surface area contributed by atoms with Gasteiger partial charge in [-0.25, -0.2) is 4.98 Å². The largest absolute Gasteiger partial charge is 0.326 e. The number of rotatable bonds is 2. The summed E-state index contributed by atoms with van der Waals surface area (Å²) in [5.74, 6) is 0. The molecule has 2 N–H and O–H groups in total. The van der Waals surface area contributed by atoms with Crippen LogP contribution >= 0.6 is 27.7 Å². The number of pyridine rings is 1. The van der Waals surface area contributed by atoms with Crippen molar-refractivity contribution >= 4 is 27.7 Å². The lowest BCUT2D eigenvalue weighted by Gasteiger charge is -2.26. The average molecular weight is 301 g/mol. The molecule has 0 saturated heterocycles. The summed E-state index contributed by atoms with van der Waals surface area (Å²) in [7, 11) is 0. The van der Waals surface area contributed by atoms with Crippen molar-refractivity contribution < 1.29 is 0 Å². The number of aromatic nitrogens is 1. The van der Waals surface area contributed by atoms with E-state index < -0.39 is 0 Å². The van der Waals surface area contributed by atoms with Gasteiger partial charge in [-0.2, -0.15) is 0 Å². The maximum Gasteiger partial charge on any atom is 0.110 e. The van der Waals surface area contributed by atoms with Crippen LogP contribution in [0.15, 0.2) is 27.8 Å². The van der Waals surface area contributed by atoms with Gasteiger partial charge in [0.15, 0.2) is 0 Å². The molecular weight excluding hydrogens is 284 g/mol. The zero-order chi connectivity index (χ0) is 11.8. The van der Waals surface area contributed by atoms with Gasteiger partial charge in [0.2, 0.25) is 0 Å². The molecule has 0 amide bonds. The van der Waals surface area contributed by atoms with Crippen LogP contribution < -0.4 is 5.73 Å². The first-order valence-corrected chi connectivity index (χ1v) is 7.21. The molecule has 1 saturated carbocycles. The van der Waals surface area contributed by atoms with E-state index in [4.69, 9.17) is 5.73 Å². The predicted octanol–water partition coefficient (Wildman–Crippen LogP) is 3.45. The van der Waals surface area contributed by atoms with E-state index in [1.165, 1.54) is 12.8 Å². The SMILES string of the molecule is CC1(C)CCC(Sc2ncccc2Br)C1N. The van der Waals surface area contributed by atoms with Crippen LogP contribution in [0.25, 0.3) is 0 Å². The maximum atomic E-state index is 6.29. The Kier molecular flexibility index (Phi) is 3.62. The van der Waals surface area contributed by atoms with Crippen LogP contribution in [-0.2, 0) is 0 Å². The Morgan fingerprint density at radius 2 is 2.31 bits per heavy atom. The van der Waals surface area contributed by atoms with Crippen LogP contribution in [0, 0.1) is 5.41 Å². The summed E-state index contributed by atoms with van der Waals surface area (Å²) in [6, 6.07) is 4.22. The second-order valence-corrected chi connectivity index (χ2v) is 7.08. The molecule has 1 fully saturated rings. The van der Waals surface area contributed by atoms with Crippen molar-refractivity contribution in [3.63, 3.8) is 0 Å². The molecular formula is C12H17BrN2S. The number of nitrogens with two attached hydrogens (primary N) is 1. The molecule has 16 heavy (non-hydrogen) atoms. The molecule has 2 unspecified atom stereocenters. The molecule has 2 nitrogen and oxygen atoms in total. The Morgan fingerprint density at radius 1 is 1.56 bits per heavy atom. The highest BCUT2D eigenvalue weighted by Gasteiger charge is 2.40. The van der Waals surface area contributed by atoms with E-state index in [0.717, 1.165) is 9.50 Å². The molecule has 1 aliphatic rings. The van der Waals surface area contributed by atoms with E-state index in [0.29, 0.717) is 5.25 Å². The monoisotopic (exact) mass is 300 g/mol. The molecule has 0 aliphatic heterocycles. The Morgan fingerprint density at radius 3 is 2.88 bits per heavy atom. The third-order valence-electron chi connectivity index (χ3n) is 3.36. The zero-order valence-corrected chi connectivity index (χ0v) is 12.0. The van der Waals surface area contributed by atoms with Gasteiger partial charge in [0.25, 0.3) is 0 Å². The standard InChI is InChI=1S/C12H17BrN2S/c1-12(2)6-5-9(10(12)14)16-11-8(13)4-3-7-15-11/h3-4,7,9-10H,5-6,14H2,1-2H3. The highest BCUT2D eigenvalue weighted by atomic mass is 79.9. The number of hydrogen-bond donors (Lipinski definition) is 1. The minimum absolute atomic E-state index is 0.256. The molecule has 88 valence electrons. The van der Waals surface area contributed by atoms with Gasteiger partial charge in [-0.3, -0.25) is 0 Å². The fourth-order valence-electron chi connectivity index (χ4n) is 2.10. The highest BCUT2D eigenvalue weighted by molar-refractivity contribution is 9.10. The molecule has 0 radical (unpaired) electrons. The lowest BCUT2D eigenvalue weighted by atomic mass is 9.88. The Balaban J connectivity index is 2.10. The second-order valence-electron chi connectivity index (χ2n) is 5.00. The fraction of sp³-hybridized carbons (Fsp3) is 0.583. The van der Waals surface area contributed by atoms with E-state index >= 15 is 0 Å². The molecule has 1 aromatic heterocycles. The van der Waals surface area contributed by atoms with Crippen LogP contribution in [0.5, 0.6) is 0 Å². The van der Waals surface area contributed by atoms with E-state index in [1.54, 1.807) is 11.8 Å². The summed E-state index contributed by atoms with van der Waals surface area (Å²) in [6.45, 7) is 4.51. The zero-order valence-electron chi connectivity index (χ0n) is 9.61. The number of nitrogens with zero attached hydrogens (tertiary/aromatic N) is 1.